The molecule has 164 valence electrons. The largest absolute Gasteiger partial charge is 0.375 e. The molecule has 1 aliphatic heterocycles. The monoisotopic (exact) mass is 451 g/mol. The van der Waals surface area contributed by atoms with Crippen LogP contribution in [0.3, 0.4) is 0 Å². The van der Waals surface area contributed by atoms with E-state index in [-0.39, 0.29) is 11.6 Å². The molecule has 0 radical (unpaired) electrons. The molecular weight excluding hydrogens is 430 g/mol. The van der Waals surface area contributed by atoms with Gasteiger partial charge < -0.3 is 15.1 Å². The highest BCUT2D eigenvalue weighted by Crippen LogP contribution is 2.31. The van der Waals surface area contributed by atoms with Gasteiger partial charge in [-0.15, -0.1) is 0 Å². The first-order valence-electron chi connectivity index (χ1n) is 10.2. The Bertz CT molecular complexity index is 1120. The van der Waals surface area contributed by atoms with Crippen molar-refractivity contribution in [1.29, 1.82) is 0 Å². The van der Waals surface area contributed by atoms with Gasteiger partial charge in [0.25, 0.3) is 11.6 Å². The number of nitrogens with one attached hydrogen (secondary N) is 1. The first kappa shape index (κ1) is 21.6. The predicted octanol–water partition coefficient (Wildman–Crippen LogP) is 4.22. The summed E-state index contributed by atoms with van der Waals surface area (Å²) in [6.07, 6.45) is 3.40. The number of halogens is 1. The number of anilines is 2. The van der Waals surface area contributed by atoms with E-state index in [0.717, 1.165) is 11.3 Å². The molecule has 2 heterocycles. The highest BCUT2D eigenvalue weighted by molar-refractivity contribution is 6.33. The third-order valence-electron chi connectivity index (χ3n) is 5.42. The van der Waals surface area contributed by atoms with E-state index in [1.807, 2.05) is 12.1 Å². The summed E-state index contributed by atoms with van der Waals surface area (Å²) >= 11 is 6.17. The molecule has 1 aromatic heterocycles. The van der Waals surface area contributed by atoms with Crippen LogP contribution in [0.2, 0.25) is 5.02 Å². The van der Waals surface area contributed by atoms with Crippen LogP contribution in [-0.4, -0.2) is 46.9 Å². The van der Waals surface area contributed by atoms with Gasteiger partial charge in [0.15, 0.2) is 0 Å². The molecule has 0 atom stereocenters. The maximum atomic E-state index is 12.8. The molecule has 0 aliphatic carbocycles. The van der Waals surface area contributed by atoms with Gasteiger partial charge in [0, 0.05) is 56.9 Å². The minimum atomic E-state index is -0.393. The molecule has 0 spiro atoms. The average molecular weight is 452 g/mol. The fourth-order valence-corrected chi connectivity index (χ4v) is 3.91. The van der Waals surface area contributed by atoms with Gasteiger partial charge in [-0.3, -0.25) is 19.9 Å². The molecule has 8 nitrogen and oxygen atoms in total. The standard InChI is InChI=1S/C23H22ClN5O3/c24-20-6-2-1-5-19(20)23(30)28-12-10-27(11-13-28)18-7-8-22(29(31)32)21(14-18)26-16-17-4-3-9-25-15-17/h1-9,14-15,26H,10-13,16H2. The number of piperazine rings is 1. The Balaban J connectivity index is 1.45. The van der Waals surface area contributed by atoms with E-state index in [1.54, 1.807) is 53.7 Å². The molecule has 0 saturated carbocycles. The van der Waals surface area contributed by atoms with Crippen LogP contribution in [0.25, 0.3) is 0 Å². The normalized spacial score (nSPS) is 13.7. The number of pyridine rings is 1. The van der Waals surface area contributed by atoms with Crippen molar-refractivity contribution >= 4 is 34.6 Å². The number of nitrogens with zero attached hydrogens (tertiary/aromatic N) is 4. The first-order chi connectivity index (χ1) is 15.5. The second-order valence-corrected chi connectivity index (χ2v) is 7.84. The van der Waals surface area contributed by atoms with Crippen LogP contribution in [-0.2, 0) is 6.54 Å². The fourth-order valence-electron chi connectivity index (χ4n) is 3.69. The molecule has 1 N–H and O–H groups in total. The highest BCUT2D eigenvalue weighted by Gasteiger charge is 2.25. The summed E-state index contributed by atoms with van der Waals surface area (Å²) < 4.78 is 0. The zero-order valence-electron chi connectivity index (χ0n) is 17.3. The Kier molecular flexibility index (Phi) is 6.51. The van der Waals surface area contributed by atoms with E-state index in [1.165, 1.54) is 6.07 Å². The summed E-state index contributed by atoms with van der Waals surface area (Å²) in [7, 11) is 0. The van der Waals surface area contributed by atoms with Gasteiger partial charge in [-0.05, 0) is 35.9 Å². The average Bonchev–Trinajstić information content (AvgIpc) is 2.83. The van der Waals surface area contributed by atoms with Crippen LogP contribution >= 0.6 is 11.6 Å². The van der Waals surface area contributed by atoms with Crippen LogP contribution in [0, 0.1) is 10.1 Å². The van der Waals surface area contributed by atoms with Gasteiger partial charge in [0.1, 0.15) is 5.69 Å². The van der Waals surface area contributed by atoms with Crippen molar-refractivity contribution in [1.82, 2.24) is 9.88 Å². The highest BCUT2D eigenvalue weighted by atomic mass is 35.5. The fraction of sp³-hybridized carbons (Fsp3) is 0.217. The molecule has 1 aliphatic rings. The predicted molar refractivity (Wildman–Crippen MR) is 124 cm³/mol. The van der Waals surface area contributed by atoms with Crippen molar-refractivity contribution in [3.63, 3.8) is 0 Å². The number of carbonyl (C=O) groups is 1. The lowest BCUT2D eigenvalue weighted by molar-refractivity contribution is -0.384. The van der Waals surface area contributed by atoms with Crippen LogP contribution in [0.1, 0.15) is 15.9 Å². The Morgan fingerprint density at radius 1 is 1.09 bits per heavy atom. The van der Waals surface area contributed by atoms with Gasteiger partial charge in [0.05, 0.1) is 15.5 Å². The number of rotatable bonds is 6. The molecular formula is C23H22ClN5O3. The van der Waals surface area contributed by atoms with Crippen LogP contribution in [0.15, 0.2) is 67.0 Å². The third-order valence-corrected chi connectivity index (χ3v) is 5.75. The molecule has 1 fully saturated rings. The lowest BCUT2D eigenvalue weighted by Gasteiger charge is -2.36. The zero-order valence-corrected chi connectivity index (χ0v) is 18.0. The quantitative estimate of drug-likeness (QED) is 0.445. The third kappa shape index (κ3) is 4.81. The van der Waals surface area contributed by atoms with E-state index >= 15 is 0 Å². The van der Waals surface area contributed by atoms with E-state index in [4.69, 9.17) is 11.6 Å². The maximum Gasteiger partial charge on any atom is 0.292 e. The van der Waals surface area contributed by atoms with Gasteiger partial charge in [0.2, 0.25) is 0 Å². The minimum Gasteiger partial charge on any atom is -0.375 e. The summed E-state index contributed by atoms with van der Waals surface area (Å²) in [5.41, 5.74) is 2.77. The summed E-state index contributed by atoms with van der Waals surface area (Å²) in [4.78, 5) is 31.9. The van der Waals surface area contributed by atoms with E-state index in [2.05, 4.69) is 15.2 Å². The zero-order chi connectivity index (χ0) is 22.5. The summed E-state index contributed by atoms with van der Waals surface area (Å²) in [5.74, 6) is -0.0854. The van der Waals surface area contributed by atoms with Crippen LogP contribution < -0.4 is 10.2 Å². The second kappa shape index (κ2) is 9.65. The minimum absolute atomic E-state index is 0.0187. The molecule has 3 aromatic rings. The molecule has 0 unspecified atom stereocenters. The second-order valence-electron chi connectivity index (χ2n) is 7.43. The van der Waals surface area contributed by atoms with Crippen LogP contribution in [0.5, 0.6) is 0 Å². The molecule has 1 saturated heterocycles. The van der Waals surface area contributed by atoms with Gasteiger partial charge in [-0.1, -0.05) is 29.8 Å². The van der Waals surface area contributed by atoms with Crippen molar-refractivity contribution < 1.29 is 9.72 Å². The molecule has 1 amide bonds. The van der Waals surface area contributed by atoms with Crippen molar-refractivity contribution in [2.45, 2.75) is 6.54 Å². The summed E-state index contributed by atoms with van der Waals surface area (Å²) in [5, 5.41) is 15.1. The number of aromatic nitrogens is 1. The summed E-state index contributed by atoms with van der Waals surface area (Å²) in [6.45, 7) is 2.75. The lowest BCUT2D eigenvalue weighted by Crippen LogP contribution is -2.48. The Hall–Kier alpha value is -3.65. The van der Waals surface area contributed by atoms with Gasteiger partial charge in [-0.25, -0.2) is 0 Å². The SMILES string of the molecule is O=C(c1ccccc1Cl)N1CCN(c2ccc([N+](=O)[O-])c(NCc3cccnc3)c2)CC1. The van der Waals surface area contributed by atoms with Crippen molar-refractivity contribution in [3.05, 3.63) is 93.3 Å². The van der Waals surface area contributed by atoms with Crippen LogP contribution in [0.4, 0.5) is 17.1 Å². The Labute approximate surface area is 190 Å². The number of benzene rings is 2. The molecule has 4 rings (SSSR count). The van der Waals surface area contributed by atoms with E-state index in [9.17, 15) is 14.9 Å². The van der Waals surface area contributed by atoms with Crippen molar-refractivity contribution in [3.8, 4) is 0 Å². The number of nitro benzene ring substituents is 1. The number of hydrogen-bond acceptors (Lipinski definition) is 6. The van der Waals surface area contributed by atoms with Gasteiger partial charge >= 0.3 is 0 Å². The summed E-state index contributed by atoms with van der Waals surface area (Å²) in [6, 6.07) is 15.8. The maximum absolute atomic E-state index is 12.8. The lowest BCUT2D eigenvalue weighted by atomic mass is 10.1. The Morgan fingerprint density at radius 2 is 1.88 bits per heavy atom. The number of nitro groups is 1. The number of amides is 1. The molecule has 0 bridgehead atoms. The van der Waals surface area contributed by atoms with Crippen molar-refractivity contribution in [2.24, 2.45) is 0 Å². The Morgan fingerprint density at radius 3 is 2.56 bits per heavy atom. The number of hydrogen-bond donors (Lipinski definition) is 1. The topological polar surface area (TPSA) is 91.6 Å². The molecule has 9 heteroatoms. The smallest absolute Gasteiger partial charge is 0.292 e. The molecule has 2 aromatic carbocycles. The van der Waals surface area contributed by atoms with E-state index < -0.39 is 4.92 Å². The number of carbonyl (C=O) groups excluding carboxylic acids is 1. The van der Waals surface area contributed by atoms with E-state index in [0.29, 0.717) is 49.0 Å². The first-order valence-corrected chi connectivity index (χ1v) is 10.6. The van der Waals surface area contributed by atoms with Crippen molar-refractivity contribution in [2.75, 3.05) is 36.4 Å². The van der Waals surface area contributed by atoms with Gasteiger partial charge in [-0.2, -0.15) is 0 Å². The molecule has 32 heavy (non-hydrogen) atoms.